The molecule has 1 unspecified atom stereocenters. The van der Waals surface area contributed by atoms with Gasteiger partial charge >= 0.3 is 0 Å². The summed E-state index contributed by atoms with van der Waals surface area (Å²) in [6, 6.07) is 9.57. The second kappa shape index (κ2) is 7.31. The molecule has 0 saturated carbocycles. The Bertz CT molecular complexity index is 524. The molecule has 0 aliphatic heterocycles. The third-order valence-electron chi connectivity index (χ3n) is 3.09. The van der Waals surface area contributed by atoms with E-state index in [0.717, 1.165) is 24.5 Å². The van der Waals surface area contributed by atoms with Gasteiger partial charge in [0, 0.05) is 17.8 Å². The molecule has 1 aromatic carbocycles. The van der Waals surface area contributed by atoms with Crippen molar-refractivity contribution in [3.05, 3.63) is 47.2 Å². The Kier molecular flexibility index (Phi) is 5.44. The van der Waals surface area contributed by atoms with Gasteiger partial charge in [0.05, 0.1) is 11.7 Å². The van der Waals surface area contributed by atoms with Crippen LogP contribution in [-0.4, -0.2) is 22.9 Å². The molecule has 5 heteroatoms. The molecule has 1 heterocycles. The fourth-order valence-electron chi connectivity index (χ4n) is 2.11. The first-order valence-corrected chi connectivity index (χ1v) is 7.25. The van der Waals surface area contributed by atoms with E-state index in [1.807, 2.05) is 41.2 Å². The third kappa shape index (κ3) is 3.74. The molecule has 0 aliphatic carbocycles. The summed E-state index contributed by atoms with van der Waals surface area (Å²) < 4.78 is 7.82. The van der Waals surface area contributed by atoms with E-state index in [2.05, 4.69) is 24.3 Å². The van der Waals surface area contributed by atoms with Gasteiger partial charge in [-0.25, -0.2) is 0 Å². The number of hydrogen-bond acceptors (Lipinski definition) is 3. The molecule has 1 N–H and O–H groups in total. The van der Waals surface area contributed by atoms with E-state index in [1.54, 1.807) is 0 Å². The van der Waals surface area contributed by atoms with Crippen molar-refractivity contribution >= 4 is 11.6 Å². The maximum Gasteiger partial charge on any atom is 0.119 e. The zero-order valence-electron chi connectivity index (χ0n) is 11.8. The van der Waals surface area contributed by atoms with Crippen LogP contribution in [0.2, 0.25) is 5.02 Å². The van der Waals surface area contributed by atoms with Gasteiger partial charge in [-0.3, -0.25) is 4.68 Å². The van der Waals surface area contributed by atoms with Crippen molar-refractivity contribution in [3.8, 4) is 5.75 Å². The van der Waals surface area contributed by atoms with Crippen molar-refractivity contribution in [1.82, 2.24) is 15.1 Å². The van der Waals surface area contributed by atoms with Crippen LogP contribution in [0.25, 0.3) is 0 Å². The number of aryl methyl sites for hydroxylation is 1. The topological polar surface area (TPSA) is 39.1 Å². The minimum atomic E-state index is 0.123. The highest BCUT2D eigenvalue weighted by atomic mass is 35.5. The summed E-state index contributed by atoms with van der Waals surface area (Å²) in [5, 5.41) is 8.45. The van der Waals surface area contributed by atoms with Crippen molar-refractivity contribution < 1.29 is 4.74 Å². The lowest BCUT2D eigenvalue weighted by molar-refractivity contribution is 0.261. The van der Waals surface area contributed by atoms with Crippen LogP contribution >= 0.6 is 11.6 Å². The zero-order valence-corrected chi connectivity index (χ0v) is 12.6. The van der Waals surface area contributed by atoms with Crippen LogP contribution in [0.15, 0.2) is 36.5 Å². The first kappa shape index (κ1) is 14.9. The quantitative estimate of drug-likeness (QED) is 0.851. The molecule has 4 nitrogen and oxygen atoms in total. The second-order valence-corrected chi connectivity index (χ2v) is 4.88. The Balaban J connectivity index is 2.04. The molecular formula is C15H20ClN3O. The van der Waals surface area contributed by atoms with Crippen molar-refractivity contribution in [2.24, 2.45) is 0 Å². The van der Waals surface area contributed by atoms with Gasteiger partial charge in [-0.05, 0) is 43.8 Å². The van der Waals surface area contributed by atoms with Crippen LogP contribution in [0.4, 0.5) is 0 Å². The van der Waals surface area contributed by atoms with Crippen LogP contribution in [0.5, 0.6) is 5.75 Å². The van der Waals surface area contributed by atoms with Gasteiger partial charge < -0.3 is 10.1 Å². The summed E-state index contributed by atoms with van der Waals surface area (Å²) in [6.07, 6.45) is 1.82. The molecular weight excluding hydrogens is 274 g/mol. The van der Waals surface area contributed by atoms with E-state index in [4.69, 9.17) is 16.3 Å². The standard InChI is InChI=1S/C15H20ClN3O/c1-3-17-14(15-9-10-18-19(15)4-2)11-20-13-7-5-12(16)6-8-13/h5-10,14,17H,3-4,11H2,1-2H3. The maximum atomic E-state index is 5.87. The third-order valence-corrected chi connectivity index (χ3v) is 3.34. The minimum absolute atomic E-state index is 0.123. The highest BCUT2D eigenvalue weighted by molar-refractivity contribution is 6.30. The molecule has 0 radical (unpaired) electrons. The molecule has 0 amide bonds. The first-order valence-electron chi connectivity index (χ1n) is 6.88. The average molecular weight is 294 g/mol. The molecule has 108 valence electrons. The lowest BCUT2D eigenvalue weighted by Crippen LogP contribution is -2.28. The number of halogens is 1. The Morgan fingerprint density at radius 1 is 1.25 bits per heavy atom. The number of ether oxygens (including phenoxy) is 1. The van der Waals surface area contributed by atoms with E-state index in [-0.39, 0.29) is 6.04 Å². The number of rotatable bonds is 7. The largest absolute Gasteiger partial charge is 0.492 e. The number of likely N-dealkylation sites (N-methyl/N-ethyl adjacent to an activating group) is 1. The van der Waals surface area contributed by atoms with E-state index in [1.165, 1.54) is 0 Å². The number of nitrogens with zero attached hydrogens (tertiary/aromatic N) is 2. The zero-order chi connectivity index (χ0) is 14.4. The van der Waals surface area contributed by atoms with Crippen LogP contribution in [0.3, 0.4) is 0 Å². The maximum absolute atomic E-state index is 5.87. The van der Waals surface area contributed by atoms with Gasteiger partial charge in [0.1, 0.15) is 12.4 Å². The molecule has 1 aromatic heterocycles. The average Bonchev–Trinajstić information content (AvgIpc) is 2.93. The summed E-state index contributed by atoms with van der Waals surface area (Å²) in [5.74, 6) is 0.819. The van der Waals surface area contributed by atoms with E-state index in [9.17, 15) is 0 Å². The summed E-state index contributed by atoms with van der Waals surface area (Å²) >= 11 is 5.87. The predicted molar refractivity (Wildman–Crippen MR) is 81.3 cm³/mol. The van der Waals surface area contributed by atoms with Gasteiger partial charge in [0.15, 0.2) is 0 Å². The van der Waals surface area contributed by atoms with E-state index < -0.39 is 0 Å². The predicted octanol–water partition coefficient (Wildman–Crippen LogP) is 3.29. The van der Waals surface area contributed by atoms with Crippen molar-refractivity contribution in [2.45, 2.75) is 26.4 Å². The molecule has 1 atom stereocenters. The van der Waals surface area contributed by atoms with Crippen molar-refractivity contribution in [1.29, 1.82) is 0 Å². The summed E-state index contributed by atoms with van der Waals surface area (Å²) in [4.78, 5) is 0. The summed E-state index contributed by atoms with van der Waals surface area (Å²) in [6.45, 7) is 6.46. The molecule has 0 saturated heterocycles. The SMILES string of the molecule is CCNC(COc1ccc(Cl)cc1)c1ccnn1CC. The van der Waals surface area contributed by atoms with Gasteiger partial charge in [-0.1, -0.05) is 18.5 Å². The molecule has 0 spiro atoms. The molecule has 2 aromatic rings. The Labute approximate surface area is 124 Å². The Morgan fingerprint density at radius 2 is 2.00 bits per heavy atom. The Morgan fingerprint density at radius 3 is 2.65 bits per heavy atom. The van der Waals surface area contributed by atoms with Crippen molar-refractivity contribution in [3.63, 3.8) is 0 Å². The summed E-state index contributed by atoms with van der Waals surface area (Å²) in [5.41, 5.74) is 1.14. The number of nitrogens with one attached hydrogen (secondary N) is 1. The molecule has 2 rings (SSSR count). The second-order valence-electron chi connectivity index (χ2n) is 4.45. The van der Waals surface area contributed by atoms with Gasteiger partial charge in [0.25, 0.3) is 0 Å². The number of aromatic nitrogens is 2. The fourth-order valence-corrected chi connectivity index (χ4v) is 2.23. The minimum Gasteiger partial charge on any atom is -0.492 e. The fraction of sp³-hybridized carbons (Fsp3) is 0.400. The van der Waals surface area contributed by atoms with E-state index >= 15 is 0 Å². The number of benzene rings is 1. The molecule has 0 bridgehead atoms. The van der Waals surface area contributed by atoms with Crippen LogP contribution in [-0.2, 0) is 6.54 Å². The van der Waals surface area contributed by atoms with E-state index in [0.29, 0.717) is 11.6 Å². The lowest BCUT2D eigenvalue weighted by Gasteiger charge is -2.19. The monoisotopic (exact) mass is 293 g/mol. The molecule has 20 heavy (non-hydrogen) atoms. The molecule has 0 aliphatic rings. The van der Waals surface area contributed by atoms with Crippen molar-refractivity contribution in [2.75, 3.05) is 13.2 Å². The van der Waals surface area contributed by atoms with Gasteiger partial charge in [-0.15, -0.1) is 0 Å². The smallest absolute Gasteiger partial charge is 0.119 e. The highest BCUT2D eigenvalue weighted by Crippen LogP contribution is 2.18. The van der Waals surface area contributed by atoms with Crippen LogP contribution in [0, 0.1) is 0 Å². The normalized spacial score (nSPS) is 12.3. The van der Waals surface area contributed by atoms with Gasteiger partial charge in [-0.2, -0.15) is 5.10 Å². The summed E-state index contributed by atoms with van der Waals surface area (Å²) in [7, 11) is 0. The highest BCUT2D eigenvalue weighted by Gasteiger charge is 2.15. The lowest BCUT2D eigenvalue weighted by atomic mass is 10.2. The van der Waals surface area contributed by atoms with Crippen LogP contribution in [0.1, 0.15) is 25.6 Å². The number of hydrogen-bond donors (Lipinski definition) is 1. The van der Waals surface area contributed by atoms with Crippen LogP contribution < -0.4 is 10.1 Å². The first-order chi connectivity index (χ1) is 9.74. The Hall–Kier alpha value is -1.52. The molecule has 0 fully saturated rings. The van der Waals surface area contributed by atoms with Gasteiger partial charge in [0.2, 0.25) is 0 Å².